The van der Waals surface area contributed by atoms with Crippen molar-refractivity contribution in [1.82, 2.24) is 10.6 Å². The molecule has 2 N–H and O–H groups in total. The SMILES string of the molecule is C1CN=C(NCC2CCCO2)NC1. The first kappa shape index (κ1) is 8.81. The Morgan fingerprint density at radius 1 is 1.54 bits per heavy atom. The Hall–Kier alpha value is -0.770. The molecule has 0 bridgehead atoms. The number of aliphatic imine (C=N–C) groups is 1. The molecule has 2 heterocycles. The fraction of sp³-hybridized carbons (Fsp3) is 0.889. The van der Waals surface area contributed by atoms with Crippen molar-refractivity contribution in [2.75, 3.05) is 26.2 Å². The Bertz CT molecular complexity index is 187. The Morgan fingerprint density at radius 3 is 3.23 bits per heavy atom. The zero-order chi connectivity index (χ0) is 8.93. The summed E-state index contributed by atoms with van der Waals surface area (Å²) in [7, 11) is 0. The third-order valence-corrected chi connectivity index (χ3v) is 2.42. The molecule has 0 amide bonds. The highest BCUT2D eigenvalue weighted by Crippen LogP contribution is 2.10. The summed E-state index contributed by atoms with van der Waals surface area (Å²) in [5, 5.41) is 6.50. The maximum atomic E-state index is 5.50. The van der Waals surface area contributed by atoms with Gasteiger partial charge < -0.3 is 15.4 Å². The van der Waals surface area contributed by atoms with Gasteiger partial charge in [0.2, 0.25) is 0 Å². The van der Waals surface area contributed by atoms with Crippen LogP contribution < -0.4 is 10.6 Å². The van der Waals surface area contributed by atoms with Crippen LogP contribution in [0.1, 0.15) is 19.3 Å². The minimum Gasteiger partial charge on any atom is -0.376 e. The van der Waals surface area contributed by atoms with Crippen LogP contribution in [0, 0.1) is 0 Å². The second-order valence-electron chi connectivity index (χ2n) is 3.53. The number of rotatable bonds is 2. The Balaban J connectivity index is 1.68. The molecule has 74 valence electrons. The maximum absolute atomic E-state index is 5.50. The normalized spacial score (nSPS) is 28.0. The van der Waals surface area contributed by atoms with Crippen molar-refractivity contribution >= 4 is 5.96 Å². The Morgan fingerprint density at radius 2 is 2.54 bits per heavy atom. The zero-order valence-corrected chi connectivity index (χ0v) is 7.88. The van der Waals surface area contributed by atoms with E-state index in [9.17, 15) is 0 Å². The van der Waals surface area contributed by atoms with Crippen molar-refractivity contribution in [3.63, 3.8) is 0 Å². The fourth-order valence-electron chi connectivity index (χ4n) is 1.67. The highest BCUT2D eigenvalue weighted by Gasteiger charge is 2.15. The van der Waals surface area contributed by atoms with Gasteiger partial charge in [0.05, 0.1) is 6.10 Å². The Labute approximate surface area is 78.8 Å². The van der Waals surface area contributed by atoms with Gasteiger partial charge in [0.1, 0.15) is 0 Å². The van der Waals surface area contributed by atoms with Crippen LogP contribution in [-0.2, 0) is 4.74 Å². The van der Waals surface area contributed by atoms with Crippen molar-refractivity contribution in [2.24, 2.45) is 4.99 Å². The molecule has 2 aliphatic heterocycles. The molecule has 2 rings (SSSR count). The van der Waals surface area contributed by atoms with Crippen molar-refractivity contribution in [1.29, 1.82) is 0 Å². The highest BCUT2D eigenvalue weighted by molar-refractivity contribution is 5.80. The van der Waals surface area contributed by atoms with Gasteiger partial charge in [-0.2, -0.15) is 0 Å². The van der Waals surface area contributed by atoms with Crippen molar-refractivity contribution in [3.8, 4) is 0 Å². The van der Waals surface area contributed by atoms with E-state index in [1.54, 1.807) is 0 Å². The third-order valence-electron chi connectivity index (χ3n) is 2.42. The molecule has 2 aliphatic rings. The molecule has 0 aromatic rings. The van der Waals surface area contributed by atoms with Gasteiger partial charge in [-0.25, -0.2) is 0 Å². The zero-order valence-electron chi connectivity index (χ0n) is 7.88. The summed E-state index contributed by atoms with van der Waals surface area (Å²) in [6.07, 6.45) is 3.92. The predicted molar refractivity (Wildman–Crippen MR) is 51.9 cm³/mol. The maximum Gasteiger partial charge on any atom is 0.191 e. The monoisotopic (exact) mass is 183 g/mol. The largest absolute Gasteiger partial charge is 0.376 e. The number of hydrogen-bond acceptors (Lipinski definition) is 4. The fourth-order valence-corrected chi connectivity index (χ4v) is 1.67. The van der Waals surface area contributed by atoms with E-state index < -0.39 is 0 Å². The molecular formula is C9H17N3O. The summed E-state index contributed by atoms with van der Waals surface area (Å²) >= 11 is 0. The second kappa shape index (κ2) is 4.46. The van der Waals surface area contributed by atoms with E-state index in [2.05, 4.69) is 15.6 Å². The average Bonchev–Trinajstić information content (AvgIpc) is 2.69. The molecular weight excluding hydrogens is 166 g/mol. The van der Waals surface area contributed by atoms with Crippen LogP contribution in [0.2, 0.25) is 0 Å². The molecule has 1 atom stereocenters. The van der Waals surface area contributed by atoms with Gasteiger partial charge in [-0.05, 0) is 19.3 Å². The van der Waals surface area contributed by atoms with Crippen LogP contribution in [0.4, 0.5) is 0 Å². The number of nitrogens with one attached hydrogen (secondary N) is 2. The molecule has 1 unspecified atom stereocenters. The molecule has 0 saturated carbocycles. The summed E-state index contributed by atoms with van der Waals surface area (Å²) in [4.78, 5) is 4.33. The molecule has 0 aliphatic carbocycles. The summed E-state index contributed by atoms with van der Waals surface area (Å²) in [6.45, 7) is 3.80. The van der Waals surface area contributed by atoms with Crippen LogP contribution in [0.25, 0.3) is 0 Å². The quantitative estimate of drug-likeness (QED) is 0.638. The van der Waals surface area contributed by atoms with E-state index in [1.165, 1.54) is 12.8 Å². The lowest BCUT2D eigenvalue weighted by molar-refractivity contribution is 0.113. The van der Waals surface area contributed by atoms with E-state index >= 15 is 0 Å². The molecule has 1 fully saturated rings. The number of guanidine groups is 1. The van der Waals surface area contributed by atoms with E-state index in [-0.39, 0.29) is 0 Å². The summed E-state index contributed by atoms with van der Waals surface area (Å²) in [5.74, 6) is 0.946. The summed E-state index contributed by atoms with van der Waals surface area (Å²) < 4.78 is 5.50. The van der Waals surface area contributed by atoms with Crippen LogP contribution in [0.3, 0.4) is 0 Å². The molecule has 0 spiro atoms. The van der Waals surface area contributed by atoms with Gasteiger partial charge in [0.25, 0.3) is 0 Å². The second-order valence-corrected chi connectivity index (χ2v) is 3.53. The van der Waals surface area contributed by atoms with Gasteiger partial charge in [-0.1, -0.05) is 0 Å². The number of nitrogens with zero attached hydrogens (tertiary/aromatic N) is 1. The van der Waals surface area contributed by atoms with Crippen LogP contribution in [-0.4, -0.2) is 38.3 Å². The first-order valence-electron chi connectivity index (χ1n) is 5.09. The van der Waals surface area contributed by atoms with Crippen molar-refractivity contribution in [3.05, 3.63) is 0 Å². The lowest BCUT2D eigenvalue weighted by Crippen LogP contribution is -2.43. The van der Waals surface area contributed by atoms with Crippen LogP contribution in [0.15, 0.2) is 4.99 Å². The summed E-state index contributed by atoms with van der Waals surface area (Å²) in [5.41, 5.74) is 0. The summed E-state index contributed by atoms with van der Waals surface area (Å²) in [6, 6.07) is 0. The van der Waals surface area contributed by atoms with E-state index in [0.717, 1.165) is 38.6 Å². The van der Waals surface area contributed by atoms with Gasteiger partial charge in [-0.15, -0.1) is 0 Å². The van der Waals surface area contributed by atoms with Crippen LogP contribution in [0.5, 0.6) is 0 Å². The van der Waals surface area contributed by atoms with Gasteiger partial charge in [0.15, 0.2) is 5.96 Å². The van der Waals surface area contributed by atoms with E-state index in [1.807, 2.05) is 0 Å². The highest BCUT2D eigenvalue weighted by atomic mass is 16.5. The molecule has 4 heteroatoms. The lowest BCUT2D eigenvalue weighted by Gasteiger charge is -2.17. The molecule has 0 aromatic carbocycles. The van der Waals surface area contributed by atoms with Crippen LogP contribution >= 0.6 is 0 Å². The smallest absolute Gasteiger partial charge is 0.191 e. The Kier molecular flexibility index (Phi) is 3.02. The minimum atomic E-state index is 0.395. The lowest BCUT2D eigenvalue weighted by atomic mass is 10.2. The first-order valence-corrected chi connectivity index (χ1v) is 5.09. The first-order chi connectivity index (χ1) is 6.45. The van der Waals surface area contributed by atoms with Gasteiger partial charge >= 0.3 is 0 Å². The standard InChI is InChI=1S/C9H17N3O/c1-3-8(13-6-1)7-12-9-10-4-2-5-11-9/h8H,1-7H2,(H2,10,11,12). The van der Waals surface area contributed by atoms with Gasteiger partial charge in [0, 0.05) is 26.2 Å². The average molecular weight is 183 g/mol. The third kappa shape index (κ3) is 2.59. The van der Waals surface area contributed by atoms with E-state index in [0.29, 0.717) is 6.10 Å². The molecule has 0 radical (unpaired) electrons. The molecule has 13 heavy (non-hydrogen) atoms. The predicted octanol–water partition coefficient (Wildman–Crippen LogP) is 0.104. The van der Waals surface area contributed by atoms with Crippen molar-refractivity contribution < 1.29 is 4.74 Å². The molecule has 0 aromatic heterocycles. The van der Waals surface area contributed by atoms with Crippen molar-refractivity contribution in [2.45, 2.75) is 25.4 Å². The number of ether oxygens (including phenoxy) is 1. The van der Waals surface area contributed by atoms with E-state index in [4.69, 9.17) is 4.74 Å². The topological polar surface area (TPSA) is 45.7 Å². The minimum absolute atomic E-state index is 0.395. The number of hydrogen-bond donors (Lipinski definition) is 2. The van der Waals surface area contributed by atoms with Gasteiger partial charge in [-0.3, -0.25) is 4.99 Å². The molecule has 4 nitrogen and oxygen atoms in total. The molecule has 1 saturated heterocycles.